The van der Waals surface area contributed by atoms with Gasteiger partial charge in [-0.15, -0.1) is 0 Å². The zero-order chi connectivity index (χ0) is 26.4. The number of hydrazone groups is 1. The van der Waals surface area contributed by atoms with E-state index in [1.807, 2.05) is 36.4 Å². The van der Waals surface area contributed by atoms with Crippen LogP contribution in [0.3, 0.4) is 0 Å². The largest absolute Gasteiger partial charge is 0.378 e. The number of rotatable bonds is 7. The molecule has 39 heavy (non-hydrogen) atoms. The standard InChI is InChI=1S/C28H29N9O2/c29-17-21-5-7-22(8-6-21)19-37-20-23(24-3-1-2-4-25(24)37)18-30-34-26-31-27(35-9-13-38-14-10-35)33-28(32-26)36-11-15-39-16-12-36/h1-8,18,20H,9-16,19H2,(H,31,32,33,34)/b30-18+. The molecule has 0 atom stereocenters. The molecule has 1 N–H and O–H groups in total. The fourth-order valence-corrected chi connectivity index (χ4v) is 4.76. The Balaban J connectivity index is 1.25. The molecule has 0 amide bonds. The molecule has 198 valence electrons. The number of nitrogens with zero attached hydrogens (tertiary/aromatic N) is 8. The van der Waals surface area contributed by atoms with Crippen molar-refractivity contribution >= 4 is 35.0 Å². The Labute approximate surface area is 226 Å². The molecule has 11 nitrogen and oxygen atoms in total. The fraction of sp³-hybridized carbons (Fsp3) is 0.321. The van der Waals surface area contributed by atoms with Gasteiger partial charge in [-0.05, 0) is 23.8 Å². The molecule has 0 radical (unpaired) electrons. The van der Waals surface area contributed by atoms with Crippen molar-refractivity contribution in [1.29, 1.82) is 5.26 Å². The van der Waals surface area contributed by atoms with Crippen molar-refractivity contribution in [1.82, 2.24) is 19.5 Å². The van der Waals surface area contributed by atoms with Crippen molar-refractivity contribution in [2.24, 2.45) is 5.10 Å². The lowest BCUT2D eigenvalue weighted by Crippen LogP contribution is -2.40. The number of para-hydroxylation sites is 1. The number of hydrogen-bond acceptors (Lipinski definition) is 10. The molecule has 0 aliphatic carbocycles. The van der Waals surface area contributed by atoms with E-state index in [4.69, 9.17) is 19.7 Å². The van der Waals surface area contributed by atoms with Crippen LogP contribution in [-0.2, 0) is 16.0 Å². The number of morpholine rings is 2. The van der Waals surface area contributed by atoms with Gasteiger partial charge < -0.3 is 23.8 Å². The average Bonchev–Trinajstić information content (AvgIpc) is 3.35. The van der Waals surface area contributed by atoms with Gasteiger partial charge in [-0.2, -0.15) is 25.3 Å². The zero-order valence-electron chi connectivity index (χ0n) is 21.5. The van der Waals surface area contributed by atoms with Crippen molar-refractivity contribution in [3.63, 3.8) is 0 Å². The zero-order valence-corrected chi connectivity index (χ0v) is 21.5. The molecule has 2 saturated heterocycles. The number of hydrogen-bond donors (Lipinski definition) is 1. The van der Waals surface area contributed by atoms with Gasteiger partial charge in [-0.1, -0.05) is 30.3 Å². The Hall–Kier alpha value is -4.53. The third-order valence-corrected chi connectivity index (χ3v) is 6.82. The van der Waals surface area contributed by atoms with Crippen LogP contribution < -0.4 is 15.2 Å². The van der Waals surface area contributed by atoms with E-state index < -0.39 is 0 Å². The molecule has 2 aliphatic heterocycles. The van der Waals surface area contributed by atoms with E-state index in [0.717, 1.165) is 48.2 Å². The van der Waals surface area contributed by atoms with Crippen LogP contribution in [0.5, 0.6) is 0 Å². The molecule has 2 fully saturated rings. The molecule has 6 rings (SSSR count). The van der Waals surface area contributed by atoms with Crippen LogP contribution >= 0.6 is 0 Å². The topological polar surface area (TPSA) is 117 Å². The molecule has 0 unspecified atom stereocenters. The molecule has 0 bridgehead atoms. The van der Waals surface area contributed by atoms with Crippen LogP contribution in [0.2, 0.25) is 0 Å². The molecule has 4 heterocycles. The van der Waals surface area contributed by atoms with Crippen LogP contribution in [0.25, 0.3) is 10.9 Å². The van der Waals surface area contributed by atoms with Crippen molar-refractivity contribution in [3.8, 4) is 6.07 Å². The highest BCUT2D eigenvalue weighted by Gasteiger charge is 2.20. The molecule has 2 aromatic heterocycles. The summed E-state index contributed by atoms with van der Waals surface area (Å²) in [5.41, 5.74) is 6.89. The van der Waals surface area contributed by atoms with Gasteiger partial charge in [0.05, 0.1) is 44.3 Å². The Kier molecular flexibility index (Phi) is 7.29. The SMILES string of the molecule is N#Cc1ccc(Cn2cc(/C=N/Nc3nc(N4CCOCC4)nc(N4CCOCC4)n3)c3ccccc32)cc1. The number of anilines is 3. The third-order valence-electron chi connectivity index (χ3n) is 6.82. The maximum atomic E-state index is 9.09. The quantitative estimate of drug-likeness (QED) is 0.288. The van der Waals surface area contributed by atoms with Gasteiger partial charge in [0.15, 0.2) is 0 Å². The molecule has 2 aromatic carbocycles. The highest BCUT2D eigenvalue weighted by Crippen LogP contribution is 2.22. The first kappa shape index (κ1) is 24.8. The predicted octanol–water partition coefficient (Wildman–Crippen LogP) is 2.87. The van der Waals surface area contributed by atoms with Crippen LogP contribution in [-0.4, -0.2) is 78.3 Å². The van der Waals surface area contributed by atoms with Crippen molar-refractivity contribution in [3.05, 3.63) is 71.4 Å². The maximum absolute atomic E-state index is 9.09. The number of nitriles is 1. The predicted molar refractivity (Wildman–Crippen MR) is 149 cm³/mol. The summed E-state index contributed by atoms with van der Waals surface area (Å²) in [6, 6.07) is 18.1. The number of ether oxygens (including phenoxy) is 2. The summed E-state index contributed by atoms with van der Waals surface area (Å²) in [5, 5.41) is 14.7. The summed E-state index contributed by atoms with van der Waals surface area (Å²) < 4.78 is 13.2. The van der Waals surface area contributed by atoms with Gasteiger partial charge >= 0.3 is 0 Å². The molecule has 2 aliphatic rings. The van der Waals surface area contributed by atoms with E-state index in [0.29, 0.717) is 56.4 Å². The minimum atomic E-state index is 0.394. The molecular weight excluding hydrogens is 494 g/mol. The lowest BCUT2D eigenvalue weighted by atomic mass is 10.1. The van der Waals surface area contributed by atoms with Crippen LogP contribution in [0.4, 0.5) is 17.8 Å². The molecule has 0 spiro atoms. The number of fused-ring (bicyclic) bond motifs is 1. The first-order chi connectivity index (χ1) is 19.3. The number of nitrogens with one attached hydrogen (secondary N) is 1. The van der Waals surface area contributed by atoms with E-state index in [1.165, 1.54) is 0 Å². The van der Waals surface area contributed by atoms with E-state index in [2.05, 4.69) is 59.3 Å². The fourth-order valence-electron chi connectivity index (χ4n) is 4.76. The number of benzene rings is 2. The molecule has 4 aromatic rings. The molecule has 11 heteroatoms. The highest BCUT2D eigenvalue weighted by atomic mass is 16.5. The van der Waals surface area contributed by atoms with Gasteiger partial charge in [0.25, 0.3) is 0 Å². The second-order valence-corrected chi connectivity index (χ2v) is 9.37. The van der Waals surface area contributed by atoms with Crippen LogP contribution in [0.15, 0.2) is 59.8 Å². The van der Waals surface area contributed by atoms with Gasteiger partial charge in [0.1, 0.15) is 0 Å². The average molecular weight is 524 g/mol. The van der Waals surface area contributed by atoms with E-state index in [9.17, 15) is 0 Å². The van der Waals surface area contributed by atoms with E-state index in [-0.39, 0.29) is 0 Å². The summed E-state index contributed by atoms with van der Waals surface area (Å²) in [7, 11) is 0. The van der Waals surface area contributed by atoms with E-state index >= 15 is 0 Å². The second-order valence-electron chi connectivity index (χ2n) is 9.37. The van der Waals surface area contributed by atoms with Crippen molar-refractivity contribution in [2.75, 3.05) is 67.8 Å². The van der Waals surface area contributed by atoms with Crippen molar-refractivity contribution < 1.29 is 9.47 Å². The monoisotopic (exact) mass is 523 g/mol. The lowest BCUT2D eigenvalue weighted by molar-refractivity contribution is 0.121. The summed E-state index contributed by atoms with van der Waals surface area (Å²) in [6.45, 7) is 6.19. The van der Waals surface area contributed by atoms with E-state index in [1.54, 1.807) is 6.21 Å². The van der Waals surface area contributed by atoms with Crippen LogP contribution in [0.1, 0.15) is 16.7 Å². The molecular formula is C28H29N9O2. The van der Waals surface area contributed by atoms with Crippen molar-refractivity contribution in [2.45, 2.75) is 6.54 Å². The first-order valence-electron chi connectivity index (χ1n) is 13.0. The maximum Gasteiger partial charge on any atom is 0.250 e. The van der Waals surface area contributed by atoms with Crippen LogP contribution in [0, 0.1) is 11.3 Å². The Bertz CT molecular complexity index is 1460. The first-order valence-corrected chi connectivity index (χ1v) is 13.0. The Morgan fingerprint density at radius 2 is 1.51 bits per heavy atom. The normalized spacial score (nSPS) is 16.1. The number of aromatic nitrogens is 4. The summed E-state index contributed by atoms with van der Waals surface area (Å²) in [6.07, 6.45) is 3.88. The smallest absolute Gasteiger partial charge is 0.250 e. The highest BCUT2D eigenvalue weighted by molar-refractivity contribution is 5.99. The van der Waals surface area contributed by atoms with Gasteiger partial charge in [0.2, 0.25) is 17.8 Å². The Morgan fingerprint density at radius 3 is 2.15 bits per heavy atom. The lowest BCUT2D eigenvalue weighted by Gasteiger charge is -2.30. The minimum Gasteiger partial charge on any atom is -0.378 e. The molecule has 0 saturated carbocycles. The van der Waals surface area contributed by atoms with Gasteiger partial charge in [0, 0.05) is 55.4 Å². The Morgan fingerprint density at radius 1 is 0.872 bits per heavy atom. The third kappa shape index (κ3) is 5.67. The summed E-state index contributed by atoms with van der Waals surface area (Å²) in [5.74, 6) is 1.63. The minimum absolute atomic E-state index is 0.394. The van der Waals surface area contributed by atoms with Gasteiger partial charge in [-0.3, -0.25) is 0 Å². The second kappa shape index (κ2) is 11.5. The van der Waals surface area contributed by atoms with Gasteiger partial charge in [-0.25, -0.2) is 5.43 Å². The summed E-state index contributed by atoms with van der Waals surface area (Å²) in [4.78, 5) is 18.3. The summed E-state index contributed by atoms with van der Waals surface area (Å²) >= 11 is 0.